The monoisotopic (exact) mass is 212 g/mol. The first-order valence-electron chi connectivity index (χ1n) is 4.93. The van der Waals surface area contributed by atoms with E-state index < -0.39 is 0 Å². The molecule has 15 heavy (non-hydrogen) atoms. The average molecular weight is 212 g/mol. The molecule has 1 aliphatic heterocycles. The van der Waals surface area contributed by atoms with Crippen LogP contribution in [0.4, 0.5) is 4.79 Å². The molecule has 1 aliphatic rings. The van der Waals surface area contributed by atoms with Gasteiger partial charge in [-0.05, 0) is 6.42 Å². The van der Waals surface area contributed by atoms with Gasteiger partial charge in [-0.25, -0.2) is 4.79 Å². The molecule has 1 N–H and O–H groups in total. The van der Waals surface area contributed by atoms with Crippen molar-refractivity contribution in [2.75, 3.05) is 20.1 Å². The Morgan fingerprint density at radius 2 is 2.53 bits per heavy atom. The second-order valence-corrected chi connectivity index (χ2v) is 3.52. The van der Waals surface area contributed by atoms with Gasteiger partial charge in [-0.3, -0.25) is 4.79 Å². The Morgan fingerprint density at radius 3 is 3.07 bits per heavy atom. The molecule has 1 rings (SSSR count). The lowest BCUT2D eigenvalue weighted by Crippen LogP contribution is -2.25. The van der Waals surface area contributed by atoms with E-state index in [1.165, 1.54) is 4.90 Å². The van der Waals surface area contributed by atoms with Crippen LogP contribution in [0.25, 0.3) is 0 Å². The van der Waals surface area contributed by atoms with Crippen molar-refractivity contribution in [3.63, 3.8) is 0 Å². The number of cyclic esters (lactones) is 1. The van der Waals surface area contributed by atoms with Crippen LogP contribution in [-0.4, -0.2) is 43.1 Å². The van der Waals surface area contributed by atoms with Crippen LogP contribution in [0.3, 0.4) is 0 Å². The van der Waals surface area contributed by atoms with E-state index in [0.717, 1.165) is 0 Å². The molecule has 0 aliphatic carbocycles. The molecule has 0 aromatic heterocycles. The lowest BCUT2D eigenvalue weighted by atomic mass is 10.2. The summed E-state index contributed by atoms with van der Waals surface area (Å²) >= 11 is 0. The maximum atomic E-state index is 11.2. The largest absolute Gasteiger partial charge is 0.444 e. The molecular formula is C10H16N2O3. The highest BCUT2D eigenvalue weighted by molar-refractivity contribution is 5.76. The minimum absolute atomic E-state index is 0.0412. The summed E-state index contributed by atoms with van der Waals surface area (Å²) < 4.78 is 5.02. The summed E-state index contributed by atoms with van der Waals surface area (Å²) in [5, 5.41) is 2.67. The van der Waals surface area contributed by atoms with E-state index in [2.05, 4.69) is 11.9 Å². The molecule has 1 atom stereocenters. The van der Waals surface area contributed by atoms with E-state index in [4.69, 9.17) is 4.74 Å². The maximum Gasteiger partial charge on any atom is 0.409 e. The van der Waals surface area contributed by atoms with Gasteiger partial charge in [0.25, 0.3) is 0 Å². The summed E-state index contributed by atoms with van der Waals surface area (Å²) in [4.78, 5) is 23.7. The van der Waals surface area contributed by atoms with Crippen molar-refractivity contribution in [3.05, 3.63) is 12.7 Å². The standard InChI is InChI=1S/C10H16N2O3/c1-3-6-11-9(13)5-4-8-7-12(2)10(14)15-8/h3,8H,1,4-7H2,2H3,(H,11,13). The number of ether oxygens (including phenoxy) is 1. The second kappa shape index (κ2) is 5.38. The number of hydrogen-bond donors (Lipinski definition) is 1. The predicted molar refractivity (Wildman–Crippen MR) is 55.3 cm³/mol. The van der Waals surface area contributed by atoms with Gasteiger partial charge >= 0.3 is 6.09 Å². The van der Waals surface area contributed by atoms with E-state index in [0.29, 0.717) is 25.9 Å². The fourth-order valence-electron chi connectivity index (χ4n) is 1.37. The van der Waals surface area contributed by atoms with Gasteiger partial charge in [0.15, 0.2) is 0 Å². The van der Waals surface area contributed by atoms with E-state index >= 15 is 0 Å². The molecule has 0 saturated carbocycles. The number of nitrogens with one attached hydrogen (secondary N) is 1. The summed E-state index contributed by atoms with van der Waals surface area (Å²) in [5.74, 6) is -0.0412. The fraction of sp³-hybridized carbons (Fsp3) is 0.600. The Bertz CT molecular complexity index is 265. The first kappa shape index (κ1) is 11.6. The molecule has 0 radical (unpaired) electrons. The molecule has 2 amide bonds. The van der Waals surface area contributed by atoms with Crippen LogP contribution in [0.1, 0.15) is 12.8 Å². The molecule has 1 unspecified atom stereocenters. The van der Waals surface area contributed by atoms with Crippen molar-refractivity contribution in [1.82, 2.24) is 10.2 Å². The number of carbonyl (C=O) groups is 2. The summed E-state index contributed by atoms with van der Waals surface area (Å²) in [6.07, 6.45) is 2.10. The van der Waals surface area contributed by atoms with E-state index in [-0.39, 0.29) is 18.1 Å². The van der Waals surface area contributed by atoms with Crippen LogP contribution in [0.2, 0.25) is 0 Å². The third-order valence-corrected chi connectivity index (χ3v) is 2.19. The zero-order valence-corrected chi connectivity index (χ0v) is 8.86. The minimum Gasteiger partial charge on any atom is -0.444 e. The molecule has 1 heterocycles. The lowest BCUT2D eigenvalue weighted by molar-refractivity contribution is -0.121. The summed E-state index contributed by atoms with van der Waals surface area (Å²) in [5.41, 5.74) is 0. The molecule has 1 saturated heterocycles. The highest BCUT2D eigenvalue weighted by Crippen LogP contribution is 2.13. The second-order valence-electron chi connectivity index (χ2n) is 3.52. The normalized spacial score (nSPS) is 19.9. The predicted octanol–water partition coefficient (Wildman–Crippen LogP) is 0.519. The first-order chi connectivity index (χ1) is 7.13. The van der Waals surface area contributed by atoms with Gasteiger partial charge in [-0.1, -0.05) is 6.08 Å². The maximum absolute atomic E-state index is 11.2. The summed E-state index contributed by atoms with van der Waals surface area (Å²) in [6.45, 7) is 4.54. The number of likely N-dealkylation sites (N-methyl/N-ethyl adjacent to an activating group) is 1. The highest BCUT2D eigenvalue weighted by atomic mass is 16.6. The summed E-state index contributed by atoms with van der Waals surface area (Å²) in [7, 11) is 1.68. The zero-order valence-electron chi connectivity index (χ0n) is 8.86. The Labute approximate surface area is 89.1 Å². The van der Waals surface area contributed by atoms with Crippen molar-refractivity contribution in [2.24, 2.45) is 0 Å². The van der Waals surface area contributed by atoms with Crippen LogP contribution in [0.15, 0.2) is 12.7 Å². The van der Waals surface area contributed by atoms with Gasteiger partial charge in [0, 0.05) is 20.0 Å². The average Bonchev–Trinajstić information content (AvgIpc) is 2.52. The van der Waals surface area contributed by atoms with Crippen LogP contribution >= 0.6 is 0 Å². The van der Waals surface area contributed by atoms with Crippen molar-refractivity contribution < 1.29 is 14.3 Å². The van der Waals surface area contributed by atoms with Crippen LogP contribution in [-0.2, 0) is 9.53 Å². The Morgan fingerprint density at radius 1 is 1.80 bits per heavy atom. The fourth-order valence-corrected chi connectivity index (χ4v) is 1.37. The van der Waals surface area contributed by atoms with Crippen LogP contribution in [0, 0.1) is 0 Å². The van der Waals surface area contributed by atoms with E-state index in [1.54, 1.807) is 13.1 Å². The molecule has 84 valence electrons. The molecule has 0 aromatic rings. The Hall–Kier alpha value is -1.52. The Kier molecular flexibility index (Phi) is 4.15. The Balaban J connectivity index is 2.18. The van der Waals surface area contributed by atoms with Gasteiger partial charge in [-0.15, -0.1) is 6.58 Å². The SMILES string of the molecule is C=CCNC(=O)CCC1CN(C)C(=O)O1. The quantitative estimate of drug-likeness (QED) is 0.676. The number of rotatable bonds is 5. The molecule has 0 aromatic carbocycles. The zero-order chi connectivity index (χ0) is 11.3. The lowest BCUT2D eigenvalue weighted by Gasteiger charge is -2.07. The van der Waals surface area contributed by atoms with Gasteiger partial charge < -0.3 is 15.0 Å². The third-order valence-electron chi connectivity index (χ3n) is 2.19. The van der Waals surface area contributed by atoms with Crippen molar-refractivity contribution >= 4 is 12.0 Å². The number of carbonyl (C=O) groups excluding carboxylic acids is 2. The van der Waals surface area contributed by atoms with Gasteiger partial charge in [0.1, 0.15) is 6.10 Å². The van der Waals surface area contributed by atoms with Gasteiger partial charge in [0.2, 0.25) is 5.91 Å². The minimum atomic E-state index is -0.313. The molecule has 0 bridgehead atoms. The van der Waals surface area contributed by atoms with Crippen molar-refractivity contribution in [3.8, 4) is 0 Å². The van der Waals surface area contributed by atoms with Crippen LogP contribution in [0.5, 0.6) is 0 Å². The van der Waals surface area contributed by atoms with Crippen molar-refractivity contribution in [1.29, 1.82) is 0 Å². The van der Waals surface area contributed by atoms with E-state index in [1.807, 2.05) is 0 Å². The third kappa shape index (κ3) is 3.61. The molecule has 1 fully saturated rings. The number of amides is 2. The highest BCUT2D eigenvalue weighted by Gasteiger charge is 2.28. The molecule has 5 heteroatoms. The molecular weight excluding hydrogens is 196 g/mol. The van der Waals surface area contributed by atoms with Gasteiger partial charge in [-0.2, -0.15) is 0 Å². The number of hydrogen-bond acceptors (Lipinski definition) is 3. The molecule has 0 spiro atoms. The van der Waals surface area contributed by atoms with Crippen LogP contribution < -0.4 is 5.32 Å². The van der Waals surface area contributed by atoms with Gasteiger partial charge in [0.05, 0.1) is 6.54 Å². The topological polar surface area (TPSA) is 58.6 Å². The number of nitrogens with zero attached hydrogens (tertiary/aromatic N) is 1. The first-order valence-corrected chi connectivity index (χ1v) is 4.93. The molecule has 5 nitrogen and oxygen atoms in total. The summed E-state index contributed by atoms with van der Waals surface area (Å²) in [6, 6.07) is 0. The van der Waals surface area contributed by atoms with E-state index in [9.17, 15) is 9.59 Å². The van der Waals surface area contributed by atoms with Crippen molar-refractivity contribution in [2.45, 2.75) is 18.9 Å². The smallest absolute Gasteiger partial charge is 0.409 e.